The molecule has 0 aliphatic heterocycles. The van der Waals surface area contributed by atoms with Gasteiger partial charge in [0.15, 0.2) is 12.2 Å². The number of aryl methyl sites for hydroxylation is 1. The number of nitrogens with zero attached hydrogens (tertiary/aromatic N) is 2. The number of hydrogen-bond acceptors (Lipinski definition) is 7. The Hall–Kier alpha value is -3.96. The van der Waals surface area contributed by atoms with E-state index in [-0.39, 0.29) is 5.56 Å². The number of aromatic nitrogens is 1. The molecule has 0 bridgehead atoms. The molecule has 1 aliphatic carbocycles. The van der Waals surface area contributed by atoms with Crippen molar-refractivity contribution in [3.05, 3.63) is 70.1 Å². The molecule has 1 aliphatic rings. The summed E-state index contributed by atoms with van der Waals surface area (Å²) >= 11 is 1.43. The number of thiophene rings is 1. The van der Waals surface area contributed by atoms with Crippen molar-refractivity contribution < 1.29 is 18.7 Å². The lowest BCUT2D eigenvalue weighted by atomic mass is 9.96. The maximum Gasteiger partial charge on any atom is 0.339 e. The first-order valence-corrected chi connectivity index (χ1v) is 11.4. The van der Waals surface area contributed by atoms with Gasteiger partial charge in [-0.25, -0.2) is 9.78 Å². The third-order valence-corrected chi connectivity index (χ3v) is 6.75. The van der Waals surface area contributed by atoms with Crippen molar-refractivity contribution in [2.45, 2.75) is 25.7 Å². The molecule has 0 saturated heterocycles. The van der Waals surface area contributed by atoms with E-state index in [4.69, 9.17) is 9.15 Å². The Kier molecular flexibility index (Phi) is 5.63. The van der Waals surface area contributed by atoms with E-state index < -0.39 is 18.5 Å². The molecule has 0 radical (unpaired) electrons. The van der Waals surface area contributed by atoms with Crippen LogP contribution >= 0.6 is 11.3 Å². The molecule has 1 N–H and O–H groups in total. The SMILES string of the molecule is N#Cc1c(NC(=O)COC(=O)c2ccccc2-c2nc3ccccc3o2)sc2c1CCCC2. The molecule has 4 aromatic rings. The topological polar surface area (TPSA) is 105 Å². The van der Waals surface area contributed by atoms with Gasteiger partial charge in [-0.2, -0.15) is 5.26 Å². The third-order valence-electron chi connectivity index (χ3n) is 5.54. The average Bonchev–Trinajstić information content (AvgIpc) is 3.43. The van der Waals surface area contributed by atoms with Gasteiger partial charge in [-0.15, -0.1) is 11.3 Å². The van der Waals surface area contributed by atoms with Crippen LogP contribution < -0.4 is 5.32 Å². The number of amides is 1. The summed E-state index contributed by atoms with van der Waals surface area (Å²) in [6.07, 6.45) is 3.91. The lowest BCUT2D eigenvalue weighted by Crippen LogP contribution is -2.21. The molecule has 33 heavy (non-hydrogen) atoms. The van der Waals surface area contributed by atoms with Crippen molar-refractivity contribution in [3.8, 4) is 17.5 Å². The smallest absolute Gasteiger partial charge is 0.339 e. The van der Waals surface area contributed by atoms with E-state index >= 15 is 0 Å². The zero-order chi connectivity index (χ0) is 22.8. The Morgan fingerprint density at radius 1 is 1.12 bits per heavy atom. The lowest BCUT2D eigenvalue weighted by molar-refractivity contribution is -0.119. The number of anilines is 1. The largest absolute Gasteiger partial charge is 0.452 e. The van der Waals surface area contributed by atoms with Gasteiger partial charge >= 0.3 is 5.97 Å². The summed E-state index contributed by atoms with van der Waals surface area (Å²) < 4.78 is 11.1. The summed E-state index contributed by atoms with van der Waals surface area (Å²) in [6, 6.07) is 16.3. The first-order valence-electron chi connectivity index (χ1n) is 10.6. The number of fused-ring (bicyclic) bond motifs is 2. The van der Waals surface area contributed by atoms with Crippen molar-refractivity contribution in [2.75, 3.05) is 11.9 Å². The number of benzene rings is 2. The fourth-order valence-electron chi connectivity index (χ4n) is 3.98. The summed E-state index contributed by atoms with van der Waals surface area (Å²) in [5.74, 6) is -0.845. The number of para-hydroxylation sites is 2. The molecule has 0 saturated carbocycles. The van der Waals surface area contributed by atoms with Crippen LogP contribution in [-0.2, 0) is 22.4 Å². The number of carbonyl (C=O) groups is 2. The molecule has 2 aromatic carbocycles. The van der Waals surface area contributed by atoms with Crippen molar-refractivity contribution >= 4 is 39.3 Å². The Labute approximate surface area is 193 Å². The number of ether oxygens (including phenoxy) is 1. The highest BCUT2D eigenvalue weighted by atomic mass is 32.1. The van der Waals surface area contributed by atoms with Crippen LogP contribution in [0.2, 0.25) is 0 Å². The minimum atomic E-state index is -0.658. The highest BCUT2D eigenvalue weighted by Gasteiger charge is 2.23. The Morgan fingerprint density at radius 2 is 1.91 bits per heavy atom. The van der Waals surface area contributed by atoms with Gasteiger partial charge in [-0.05, 0) is 55.5 Å². The van der Waals surface area contributed by atoms with E-state index in [0.717, 1.165) is 36.1 Å². The number of esters is 1. The van der Waals surface area contributed by atoms with Crippen LogP contribution in [0.1, 0.15) is 39.2 Å². The van der Waals surface area contributed by atoms with Crippen LogP contribution in [0.25, 0.3) is 22.6 Å². The Morgan fingerprint density at radius 3 is 2.76 bits per heavy atom. The second-order valence-corrected chi connectivity index (χ2v) is 8.79. The first kappa shape index (κ1) is 20.9. The van der Waals surface area contributed by atoms with E-state index in [9.17, 15) is 14.9 Å². The average molecular weight is 458 g/mol. The molecule has 2 aromatic heterocycles. The van der Waals surface area contributed by atoms with Gasteiger partial charge in [-0.3, -0.25) is 4.79 Å². The maximum atomic E-state index is 12.8. The predicted molar refractivity (Wildman–Crippen MR) is 124 cm³/mol. The van der Waals surface area contributed by atoms with Crippen LogP contribution in [0.5, 0.6) is 0 Å². The minimum Gasteiger partial charge on any atom is -0.452 e. The normalized spacial score (nSPS) is 12.7. The van der Waals surface area contributed by atoms with Crippen molar-refractivity contribution in [3.63, 3.8) is 0 Å². The van der Waals surface area contributed by atoms with Gasteiger partial charge in [0.2, 0.25) is 5.89 Å². The Balaban J connectivity index is 1.30. The number of nitrogens with one attached hydrogen (secondary N) is 1. The molecule has 7 nitrogen and oxygen atoms in total. The molecular formula is C25H19N3O4S. The maximum absolute atomic E-state index is 12.8. The highest BCUT2D eigenvalue weighted by molar-refractivity contribution is 7.16. The van der Waals surface area contributed by atoms with E-state index in [0.29, 0.717) is 33.1 Å². The minimum absolute atomic E-state index is 0.251. The van der Waals surface area contributed by atoms with Gasteiger partial charge in [0.1, 0.15) is 16.6 Å². The van der Waals surface area contributed by atoms with Crippen molar-refractivity contribution in [1.82, 2.24) is 4.98 Å². The monoisotopic (exact) mass is 457 g/mol. The molecule has 164 valence electrons. The predicted octanol–water partition coefficient (Wildman–Crippen LogP) is 5.10. The number of hydrogen-bond donors (Lipinski definition) is 1. The molecule has 0 fully saturated rings. The number of oxazole rings is 1. The summed E-state index contributed by atoms with van der Waals surface area (Å²) in [7, 11) is 0. The van der Waals surface area contributed by atoms with E-state index in [1.54, 1.807) is 30.3 Å². The van der Waals surface area contributed by atoms with Gasteiger partial charge in [-0.1, -0.05) is 24.3 Å². The van der Waals surface area contributed by atoms with Crippen LogP contribution in [0.3, 0.4) is 0 Å². The zero-order valence-electron chi connectivity index (χ0n) is 17.6. The number of rotatable bonds is 5. The van der Waals surface area contributed by atoms with Crippen LogP contribution in [0, 0.1) is 11.3 Å². The summed E-state index contributed by atoms with van der Waals surface area (Å²) in [5.41, 5.74) is 3.59. The van der Waals surface area contributed by atoms with Crippen molar-refractivity contribution in [2.24, 2.45) is 0 Å². The van der Waals surface area contributed by atoms with E-state index in [1.807, 2.05) is 18.2 Å². The molecule has 0 atom stereocenters. The summed E-state index contributed by atoms with van der Waals surface area (Å²) in [5, 5.41) is 12.8. The first-order chi connectivity index (χ1) is 16.1. The molecular weight excluding hydrogens is 438 g/mol. The molecule has 0 spiro atoms. The summed E-state index contributed by atoms with van der Waals surface area (Å²) in [6.45, 7) is -0.464. The number of nitriles is 1. The van der Waals surface area contributed by atoms with Gasteiger partial charge < -0.3 is 14.5 Å². The number of carbonyl (C=O) groups excluding carboxylic acids is 2. The lowest BCUT2D eigenvalue weighted by Gasteiger charge is -2.09. The van der Waals surface area contributed by atoms with Crippen LogP contribution in [0.4, 0.5) is 5.00 Å². The van der Waals surface area contributed by atoms with E-state index in [1.165, 1.54) is 11.3 Å². The molecule has 2 heterocycles. The molecule has 1 amide bonds. The standard InChI is InChI=1S/C25H19N3O4S/c26-13-18-15-7-3-6-12-21(15)33-24(18)28-22(29)14-31-25(30)17-9-2-1-8-16(17)23-27-19-10-4-5-11-20(19)32-23/h1-2,4-5,8-11H,3,6-7,12,14H2,(H,28,29). The summed E-state index contributed by atoms with van der Waals surface area (Å²) in [4.78, 5) is 30.8. The second kappa shape index (κ2) is 8.88. The van der Waals surface area contributed by atoms with Gasteiger partial charge in [0, 0.05) is 4.88 Å². The van der Waals surface area contributed by atoms with E-state index in [2.05, 4.69) is 16.4 Å². The molecule has 5 rings (SSSR count). The molecule has 0 unspecified atom stereocenters. The van der Waals surface area contributed by atoms with Crippen LogP contribution in [-0.4, -0.2) is 23.5 Å². The third kappa shape index (κ3) is 4.11. The molecule has 8 heteroatoms. The quantitative estimate of drug-likeness (QED) is 0.418. The zero-order valence-corrected chi connectivity index (χ0v) is 18.4. The highest BCUT2D eigenvalue weighted by Crippen LogP contribution is 2.37. The Bertz CT molecular complexity index is 1380. The fraction of sp³-hybridized carbons (Fsp3) is 0.200. The van der Waals surface area contributed by atoms with Crippen LogP contribution in [0.15, 0.2) is 52.9 Å². The second-order valence-electron chi connectivity index (χ2n) is 7.68. The fourth-order valence-corrected chi connectivity index (χ4v) is 5.23. The van der Waals surface area contributed by atoms with Gasteiger partial charge in [0.25, 0.3) is 5.91 Å². The van der Waals surface area contributed by atoms with Gasteiger partial charge in [0.05, 0.1) is 16.7 Å². The van der Waals surface area contributed by atoms with Crippen molar-refractivity contribution in [1.29, 1.82) is 5.26 Å².